The van der Waals surface area contributed by atoms with Crippen molar-refractivity contribution in [3.05, 3.63) is 35.4 Å². The van der Waals surface area contributed by atoms with Gasteiger partial charge in [-0.3, -0.25) is 9.59 Å². The SMILES string of the molecule is CC(=O)N1CCc2ccccc2[C@@H]1CC(=O)N[C@@](C)(C(=O)O)C1CC1. The Morgan fingerprint density at radius 1 is 1.28 bits per heavy atom. The Hall–Kier alpha value is -2.37. The summed E-state index contributed by atoms with van der Waals surface area (Å²) in [5, 5.41) is 12.2. The number of amides is 2. The Balaban J connectivity index is 1.80. The lowest BCUT2D eigenvalue weighted by Gasteiger charge is -2.37. The van der Waals surface area contributed by atoms with Crippen LogP contribution < -0.4 is 5.32 Å². The molecule has 1 heterocycles. The number of rotatable bonds is 5. The molecule has 0 bridgehead atoms. The number of fused-ring (bicyclic) bond motifs is 1. The smallest absolute Gasteiger partial charge is 0.329 e. The van der Waals surface area contributed by atoms with E-state index in [4.69, 9.17) is 0 Å². The lowest BCUT2D eigenvalue weighted by Crippen LogP contribution is -2.54. The van der Waals surface area contributed by atoms with Crippen LogP contribution in [0.3, 0.4) is 0 Å². The van der Waals surface area contributed by atoms with Crippen molar-refractivity contribution in [2.75, 3.05) is 6.54 Å². The summed E-state index contributed by atoms with van der Waals surface area (Å²) in [6, 6.07) is 7.47. The third-order valence-corrected chi connectivity index (χ3v) is 5.43. The topological polar surface area (TPSA) is 86.7 Å². The lowest BCUT2D eigenvalue weighted by atomic mass is 9.89. The van der Waals surface area contributed by atoms with E-state index in [1.165, 1.54) is 6.92 Å². The Morgan fingerprint density at radius 3 is 2.56 bits per heavy atom. The van der Waals surface area contributed by atoms with E-state index in [0.29, 0.717) is 6.54 Å². The maximum atomic E-state index is 12.6. The predicted octanol–water partition coefficient (Wildman–Crippen LogP) is 1.89. The number of carbonyl (C=O) groups excluding carboxylic acids is 2. The van der Waals surface area contributed by atoms with Crippen LogP contribution in [-0.4, -0.2) is 39.9 Å². The van der Waals surface area contributed by atoms with Crippen molar-refractivity contribution in [1.82, 2.24) is 10.2 Å². The van der Waals surface area contributed by atoms with Crippen molar-refractivity contribution >= 4 is 17.8 Å². The maximum Gasteiger partial charge on any atom is 0.329 e. The monoisotopic (exact) mass is 344 g/mol. The summed E-state index contributed by atoms with van der Waals surface area (Å²) in [6.45, 7) is 3.65. The molecular weight excluding hydrogens is 320 g/mol. The largest absolute Gasteiger partial charge is 0.480 e. The third kappa shape index (κ3) is 3.38. The van der Waals surface area contributed by atoms with E-state index in [1.807, 2.05) is 24.3 Å². The number of carboxylic acid groups (broad SMARTS) is 1. The van der Waals surface area contributed by atoms with Crippen LogP contribution in [0, 0.1) is 5.92 Å². The van der Waals surface area contributed by atoms with E-state index in [1.54, 1.807) is 11.8 Å². The van der Waals surface area contributed by atoms with Crippen LogP contribution in [0.15, 0.2) is 24.3 Å². The summed E-state index contributed by atoms with van der Waals surface area (Å²) in [5.41, 5.74) is 0.885. The van der Waals surface area contributed by atoms with Crippen molar-refractivity contribution in [3.63, 3.8) is 0 Å². The molecule has 1 aliphatic carbocycles. The highest BCUT2D eigenvalue weighted by molar-refractivity contribution is 5.88. The van der Waals surface area contributed by atoms with Crippen molar-refractivity contribution in [2.24, 2.45) is 5.92 Å². The number of nitrogens with zero attached hydrogens (tertiary/aromatic N) is 1. The summed E-state index contributed by atoms with van der Waals surface area (Å²) in [7, 11) is 0. The third-order valence-electron chi connectivity index (χ3n) is 5.43. The second kappa shape index (κ2) is 6.50. The molecule has 0 radical (unpaired) electrons. The number of carboxylic acids is 1. The molecule has 0 spiro atoms. The molecule has 6 nitrogen and oxygen atoms in total. The van der Waals surface area contributed by atoms with Gasteiger partial charge in [-0.05, 0) is 43.2 Å². The van der Waals surface area contributed by atoms with Gasteiger partial charge in [0.1, 0.15) is 5.54 Å². The molecule has 1 aliphatic heterocycles. The predicted molar refractivity (Wildman–Crippen MR) is 91.8 cm³/mol. The van der Waals surface area contributed by atoms with Crippen molar-refractivity contribution < 1.29 is 19.5 Å². The number of carbonyl (C=O) groups is 3. The molecule has 2 N–H and O–H groups in total. The minimum absolute atomic E-state index is 0.0171. The number of benzene rings is 1. The Labute approximate surface area is 147 Å². The zero-order valence-corrected chi connectivity index (χ0v) is 14.6. The minimum atomic E-state index is -1.23. The van der Waals surface area contributed by atoms with Crippen LogP contribution in [0.2, 0.25) is 0 Å². The van der Waals surface area contributed by atoms with E-state index < -0.39 is 11.5 Å². The molecule has 1 aromatic carbocycles. The fourth-order valence-corrected chi connectivity index (χ4v) is 3.76. The van der Waals surface area contributed by atoms with Crippen molar-refractivity contribution in [2.45, 2.75) is 51.1 Å². The molecule has 3 rings (SSSR count). The summed E-state index contributed by atoms with van der Waals surface area (Å²) in [6.07, 6.45) is 2.47. The van der Waals surface area contributed by atoms with E-state index in [0.717, 1.165) is 30.4 Å². The molecule has 1 saturated carbocycles. The zero-order valence-electron chi connectivity index (χ0n) is 14.6. The number of hydrogen-bond donors (Lipinski definition) is 2. The van der Waals surface area contributed by atoms with E-state index >= 15 is 0 Å². The quantitative estimate of drug-likeness (QED) is 0.854. The first-order valence-corrected chi connectivity index (χ1v) is 8.72. The molecular formula is C19H24N2O4. The molecule has 25 heavy (non-hydrogen) atoms. The summed E-state index contributed by atoms with van der Waals surface area (Å²) in [4.78, 5) is 38.0. The molecule has 1 fully saturated rings. The van der Waals surface area contributed by atoms with Gasteiger partial charge in [0.2, 0.25) is 11.8 Å². The first kappa shape index (κ1) is 17.5. The molecule has 2 atom stereocenters. The maximum absolute atomic E-state index is 12.6. The molecule has 134 valence electrons. The molecule has 0 saturated heterocycles. The Bertz CT molecular complexity index is 713. The summed E-state index contributed by atoms with van der Waals surface area (Å²) in [5.74, 6) is -1.42. The highest BCUT2D eigenvalue weighted by Crippen LogP contribution is 2.40. The highest BCUT2D eigenvalue weighted by atomic mass is 16.4. The van der Waals surface area contributed by atoms with Gasteiger partial charge in [0.15, 0.2) is 0 Å². The Morgan fingerprint density at radius 2 is 1.96 bits per heavy atom. The van der Waals surface area contributed by atoms with E-state index in [-0.39, 0.29) is 30.2 Å². The van der Waals surface area contributed by atoms with Gasteiger partial charge in [0.25, 0.3) is 0 Å². The molecule has 2 aliphatic rings. The van der Waals surface area contributed by atoms with Crippen molar-refractivity contribution in [3.8, 4) is 0 Å². The first-order chi connectivity index (χ1) is 11.8. The second-order valence-corrected chi connectivity index (χ2v) is 7.21. The van der Waals surface area contributed by atoms with E-state index in [2.05, 4.69) is 5.32 Å². The molecule has 1 aromatic rings. The Kier molecular flexibility index (Phi) is 4.54. The summed E-state index contributed by atoms with van der Waals surface area (Å²) < 4.78 is 0. The number of aliphatic carboxylic acids is 1. The summed E-state index contributed by atoms with van der Waals surface area (Å²) >= 11 is 0. The highest BCUT2D eigenvalue weighted by Gasteiger charge is 2.48. The van der Waals surface area contributed by atoms with Gasteiger partial charge in [-0.2, -0.15) is 0 Å². The van der Waals surface area contributed by atoms with Gasteiger partial charge in [0.05, 0.1) is 12.5 Å². The van der Waals surface area contributed by atoms with Gasteiger partial charge >= 0.3 is 5.97 Å². The number of hydrogen-bond acceptors (Lipinski definition) is 3. The molecule has 0 aromatic heterocycles. The average Bonchev–Trinajstić information content (AvgIpc) is 3.39. The van der Waals surface area contributed by atoms with Gasteiger partial charge in [-0.15, -0.1) is 0 Å². The van der Waals surface area contributed by atoms with Crippen LogP contribution in [-0.2, 0) is 20.8 Å². The van der Waals surface area contributed by atoms with Crippen LogP contribution in [0.25, 0.3) is 0 Å². The van der Waals surface area contributed by atoms with E-state index in [9.17, 15) is 19.5 Å². The minimum Gasteiger partial charge on any atom is -0.480 e. The van der Waals surface area contributed by atoms with Crippen LogP contribution >= 0.6 is 0 Å². The van der Waals surface area contributed by atoms with Crippen LogP contribution in [0.4, 0.5) is 0 Å². The van der Waals surface area contributed by atoms with Gasteiger partial charge < -0.3 is 15.3 Å². The van der Waals surface area contributed by atoms with Crippen molar-refractivity contribution in [1.29, 1.82) is 0 Å². The number of nitrogens with one attached hydrogen (secondary N) is 1. The van der Waals surface area contributed by atoms with Gasteiger partial charge in [-0.25, -0.2) is 4.79 Å². The molecule has 6 heteroatoms. The lowest BCUT2D eigenvalue weighted by molar-refractivity contribution is -0.148. The first-order valence-electron chi connectivity index (χ1n) is 8.72. The second-order valence-electron chi connectivity index (χ2n) is 7.21. The molecule has 0 unspecified atom stereocenters. The zero-order chi connectivity index (χ0) is 18.2. The van der Waals surface area contributed by atoms with Gasteiger partial charge in [-0.1, -0.05) is 24.3 Å². The molecule has 2 amide bonds. The van der Waals surface area contributed by atoms with Gasteiger partial charge in [0, 0.05) is 13.5 Å². The average molecular weight is 344 g/mol. The van der Waals surface area contributed by atoms with Crippen LogP contribution in [0.1, 0.15) is 50.3 Å². The fourth-order valence-electron chi connectivity index (χ4n) is 3.76. The standard InChI is InChI=1S/C19H24N2O4/c1-12(22)21-10-9-13-5-3-4-6-15(13)16(21)11-17(23)20-19(2,18(24)25)14-7-8-14/h3-6,14,16H,7-11H2,1-2H3,(H,20,23)(H,24,25)/t16-,19+/m0/s1. The fraction of sp³-hybridized carbons (Fsp3) is 0.526. The van der Waals surface area contributed by atoms with Crippen LogP contribution in [0.5, 0.6) is 0 Å². The normalized spacial score (nSPS) is 21.8.